The molecular formula is C18H24N4O2. The van der Waals surface area contributed by atoms with Gasteiger partial charge in [0.15, 0.2) is 0 Å². The fourth-order valence-corrected chi connectivity index (χ4v) is 2.86. The van der Waals surface area contributed by atoms with E-state index in [9.17, 15) is 9.59 Å². The van der Waals surface area contributed by atoms with Crippen molar-refractivity contribution in [2.24, 2.45) is 0 Å². The molecule has 3 amide bonds. The molecule has 0 spiro atoms. The van der Waals surface area contributed by atoms with Crippen LogP contribution in [0.4, 0.5) is 4.79 Å². The number of nitrogens with one attached hydrogen (secondary N) is 2. The third kappa shape index (κ3) is 4.72. The number of rotatable bonds is 4. The summed E-state index contributed by atoms with van der Waals surface area (Å²) in [5, 5.41) is 14.2. The van der Waals surface area contributed by atoms with Crippen LogP contribution in [0.2, 0.25) is 0 Å². The van der Waals surface area contributed by atoms with Crippen molar-refractivity contribution in [3.05, 3.63) is 35.4 Å². The van der Waals surface area contributed by atoms with Crippen LogP contribution in [0.1, 0.15) is 44.2 Å². The molecule has 24 heavy (non-hydrogen) atoms. The molecule has 0 radical (unpaired) electrons. The number of piperidine rings is 1. The first-order valence-electron chi connectivity index (χ1n) is 8.35. The van der Waals surface area contributed by atoms with E-state index in [4.69, 9.17) is 5.26 Å². The van der Waals surface area contributed by atoms with Gasteiger partial charge < -0.3 is 15.5 Å². The molecule has 1 heterocycles. The number of nitriles is 1. The summed E-state index contributed by atoms with van der Waals surface area (Å²) in [5.74, 6) is -0.0317. The lowest BCUT2D eigenvalue weighted by atomic mass is 10.0. The molecule has 1 aliphatic rings. The second kappa shape index (κ2) is 8.34. The van der Waals surface area contributed by atoms with E-state index in [1.165, 1.54) is 0 Å². The van der Waals surface area contributed by atoms with E-state index in [-0.39, 0.29) is 18.0 Å². The SMILES string of the molecule is C[C@@H](NC(=O)NCc1ccc(C#N)cc1)C(=O)N1CCCC[C@@H]1C. The van der Waals surface area contributed by atoms with Gasteiger partial charge in [-0.25, -0.2) is 4.79 Å². The Balaban J connectivity index is 1.80. The second-order valence-corrected chi connectivity index (χ2v) is 6.23. The third-order valence-electron chi connectivity index (χ3n) is 4.34. The van der Waals surface area contributed by atoms with Crippen molar-refractivity contribution < 1.29 is 9.59 Å². The van der Waals surface area contributed by atoms with E-state index in [1.54, 1.807) is 31.2 Å². The van der Waals surface area contributed by atoms with E-state index in [0.29, 0.717) is 12.1 Å². The van der Waals surface area contributed by atoms with Gasteiger partial charge in [-0.3, -0.25) is 4.79 Å². The quantitative estimate of drug-likeness (QED) is 0.888. The Hall–Kier alpha value is -2.55. The molecule has 1 saturated heterocycles. The smallest absolute Gasteiger partial charge is 0.315 e. The standard InChI is InChI=1S/C18H24N4O2/c1-13-5-3-4-10-22(13)17(23)14(2)21-18(24)20-12-16-8-6-15(11-19)7-9-16/h6-9,13-14H,3-5,10,12H2,1-2H3,(H2,20,21,24)/t13-,14+/m0/s1. The summed E-state index contributed by atoms with van der Waals surface area (Å²) in [4.78, 5) is 26.3. The fraction of sp³-hybridized carbons (Fsp3) is 0.500. The Morgan fingerprint density at radius 2 is 2.04 bits per heavy atom. The first-order valence-corrected chi connectivity index (χ1v) is 8.35. The van der Waals surface area contributed by atoms with Crippen LogP contribution in [-0.2, 0) is 11.3 Å². The number of nitrogens with zero attached hydrogens (tertiary/aromatic N) is 2. The Labute approximate surface area is 142 Å². The molecule has 0 saturated carbocycles. The highest BCUT2D eigenvalue weighted by Crippen LogP contribution is 2.17. The van der Waals surface area contributed by atoms with Gasteiger partial charge in [-0.2, -0.15) is 5.26 Å². The maximum absolute atomic E-state index is 12.4. The van der Waals surface area contributed by atoms with Gasteiger partial charge in [0.05, 0.1) is 11.6 Å². The van der Waals surface area contributed by atoms with E-state index in [1.807, 2.05) is 4.90 Å². The number of hydrogen-bond acceptors (Lipinski definition) is 3. The third-order valence-corrected chi connectivity index (χ3v) is 4.34. The highest BCUT2D eigenvalue weighted by Gasteiger charge is 2.27. The second-order valence-electron chi connectivity index (χ2n) is 6.23. The molecule has 6 heteroatoms. The topological polar surface area (TPSA) is 85.2 Å². The molecule has 1 fully saturated rings. The molecule has 0 bridgehead atoms. The lowest BCUT2D eigenvalue weighted by Crippen LogP contribution is -2.53. The molecule has 128 valence electrons. The summed E-state index contributed by atoms with van der Waals surface area (Å²) >= 11 is 0. The maximum Gasteiger partial charge on any atom is 0.315 e. The summed E-state index contributed by atoms with van der Waals surface area (Å²) in [7, 11) is 0. The van der Waals surface area contributed by atoms with Crippen molar-refractivity contribution in [2.45, 2.75) is 51.7 Å². The van der Waals surface area contributed by atoms with Crippen LogP contribution in [0.5, 0.6) is 0 Å². The van der Waals surface area contributed by atoms with Gasteiger partial charge in [0, 0.05) is 19.1 Å². The van der Waals surface area contributed by atoms with E-state index in [2.05, 4.69) is 23.6 Å². The number of urea groups is 1. The molecule has 2 N–H and O–H groups in total. The van der Waals surface area contributed by atoms with E-state index < -0.39 is 6.04 Å². The highest BCUT2D eigenvalue weighted by atomic mass is 16.2. The van der Waals surface area contributed by atoms with Crippen molar-refractivity contribution in [3.8, 4) is 6.07 Å². The van der Waals surface area contributed by atoms with Crippen LogP contribution in [-0.4, -0.2) is 35.5 Å². The Bertz CT molecular complexity index is 621. The summed E-state index contributed by atoms with van der Waals surface area (Å²) in [6.45, 7) is 4.87. The maximum atomic E-state index is 12.4. The van der Waals surface area contributed by atoms with Gasteiger partial charge in [0.25, 0.3) is 0 Å². The van der Waals surface area contributed by atoms with Crippen LogP contribution < -0.4 is 10.6 Å². The van der Waals surface area contributed by atoms with Crippen LogP contribution >= 0.6 is 0 Å². The van der Waals surface area contributed by atoms with E-state index in [0.717, 1.165) is 31.4 Å². The predicted molar refractivity (Wildman–Crippen MR) is 91.0 cm³/mol. The van der Waals surface area contributed by atoms with Gasteiger partial charge >= 0.3 is 6.03 Å². The molecule has 0 aliphatic carbocycles. The van der Waals surface area contributed by atoms with Gasteiger partial charge in [-0.15, -0.1) is 0 Å². The fourth-order valence-electron chi connectivity index (χ4n) is 2.86. The molecule has 1 aromatic rings. The zero-order valence-electron chi connectivity index (χ0n) is 14.2. The molecule has 6 nitrogen and oxygen atoms in total. The van der Waals surface area contributed by atoms with Crippen molar-refractivity contribution in [1.29, 1.82) is 5.26 Å². The molecule has 1 aliphatic heterocycles. The number of carbonyl (C=O) groups excluding carboxylic acids is 2. The molecule has 2 rings (SSSR count). The number of benzene rings is 1. The van der Waals surface area contributed by atoms with Gasteiger partial charge in [0.1, 0.15) is 6.04 Å². The average molecular weight is 328 g/mol. The minimum Gasteiger partial charge on any atom is -0.338 e. The van der Waals surface area contributed by atoms with Gasteiger partial charge in [0.2, 0.25) is 5.91 Å². The number of hydrogen-bond donors (Lipinski definition) is 2. The molecule has 1 aromatic carbocycles. The number of carbonyl (C=O) groups is 2. The number of likely N-dealkylation sites (tertiary alicyclic amines) is 1. The van der Waals surface area contributed by atoms with Crippen LogP contribution in [0.15, 0.2) is 24.3 Å². The largest absolute Gasteiger partial charge is 0.338 e. The minimum absolute atomic E-state index is 0.0317. The Morgan fingerprint density at radius 3 is 2.67 bits per heavy atom. The van der Waals surface area contributed by atoms with Crippen molar-refractivity contribution in [2.75, 3.05) is 6.54 Å². The van der Waals surface area contributed by atoms with Gasteiger partial charge in [-0.1, -0.05) is 12.1 Å². The highest BCUT2D eigenvalue weighted by molar-refractivity contribution is 5.87. The first-order chi connectivity index (χ1) is 11.5. The molecule has 0 unspecified atom stereocenters. The Morgan fingerprint density at radius 1 is 1.33 bits per heavy atom. The van der Waals surface area contributed by atoms with Crippen molar-refractivity contribution in [3.63, 3.8) is 0 Å². The van der Waals surface area contributed by atoms with Gasteiger partial charge in [-0.05, 0) is 50.8 Å². The average Bonchev–Trinajstić information content (AvgIpc) is 2.60. The number of amides is 3. The Kier molecular flexibility index (Phi) is 6.19. The minimum atomic E-state index is -0.550. The lowest BCUT2D eigenvalue weighted by Gasteiger charge is -2.35. The van der Waals surface area contributed by atoms with Crippen LogP contribution in [0.25, 0.3) is 0 Å². The van der Waals surface area contributed by atoms with Crippen molar-refractivity contribution >= 4 is 11.9 Å². The normalized spacial score (nSPS) is 18.4. The lowest BCUT2D eigenvalue weighted by molar-refractivity contribution is -0.136. The predicted octanol–water partition coefficient (Wildman–Crippen LogP) is 2.15. The first kappa shape index (κ1) is 17.8. The summed E-state index contributed by atoms with van der Waals surface area (Å²) < 4.78 is 0. The zero-order valence-corrected chi connectivity index (χ0v) is 14.2. The zero-order chi connectivity index (χ0) is 17.5. The van der Waals surface area contributed by atoms with E-state index >= 15 is 0 Å². The summed E-state index contributed by atoms with van der Waals surface area (Å²) in [5.41, 5.74) is 1.48. The summed E-state index contributed by atoms with van der Waals surface area (Å²) in [6.07, 6.45) is 3.19. The monoisotopic (exact) mass is 328 g/mol. The molecule has 0 aromatic heterocycles. The molecule has 2 atom stereocenters. The molecular weight excluding hydrogens is 304 g/mol. The van der Waals surface area contributed by atoms with Crippen molar-refractivity contribution in [1.82, 2.24) is 15.5 Å². The van der Waals surface area contributed by atoms with Crippen LogP contribution in [0.3, 0.4) is 0 Å². The van der Waals surface area contributed by atoms with Crippen LogP contribution in [0, 0.1) is 11.3 Å². The summed E-state index contributed by atoms with van der Waals surface area (Å²) in [6, 6.07) is 8.37.